The Hall–Kier alpha value is -2.16. The Morgan fingerprint density at radius 3 is 2.45 bits per heavy atom. The molecule has 0 aliphatic heterocycles. The van der Waals surface area contributed by atoms with Crippen molar-refractivity contribution in [2.45, 2.75) is 26.2 Å². The second-order valence-electron chi connectivity index (χ2n) is 4.77. The van der Waals surface area contributed by atoms with Crippen molar-refractivity contribution in [3.05, 3.63) is 59.4 Å². The molecule has 0 unspecified atom stereocenters. The third-order valence-electron chi connectivity index (χ3n) is 3.31. The number of carbonyl (C=O) groups is 1. The van der Waals surface area contributed by atoms with Crippen LogP contribution < -0.4 is 0 Å². The number of rotatable bonds is 5. The van der Waals surface area contributed by atoms with Crippen LogP contribution in [-0.2, 0) is 6.42 Å². The van der Waals surface area contributed by atoms with E-state index in [0.29, 0.717) is 11.1 Å². The van der Waals surface area contributed by atoms with Crippen LogP contribution in [0.2, 0.25) is 0 Å². The lowest BCUT2D eigenvalue weighted by molar-refractivity contribution is 0.0692. The molecule has 2 rings (SSSR count). The molecule has 0 aliphatic carbocycles. The summed E-state index contributed by atoms with van der Waals surface area (Å²) in [4.78, 5) is 10.9. The van der Waals surface area contributed by atoms with Crippen molar-refractivity contribution < 1.29 is 14.3 Å². The van der Waals surface area contributed by atoms with Crippen LogP contribution in [-0.4, -0.2) is 11.1 Å². The predicted molar refractivity (Wildman–Crippen MR) is 77.4 cm³/mol. The van der Waals surface area contributed by atoms with Gasteiger partial charge in [-0.3, -0.25) is 0 Å². The highest BCUT2D eigenvalue weighted by atomic mass is 19.1. The largest absolute Gasteiger partial charge is 0.478 e. The molecule has 2 nitrogen and oxygen atoms in total. The van der Waals surface area contributed by atoms with Crippen LogP contribution in [0.15, 0.2) is 42.5 Å². The average Bonchev–Trinajstić information content (AvgIpc) is 2.46. The van der Waals surface area contributed by atoms with Crippen LogP contribution in [0.1, 0.15) is 35.7 Å². The second kappa shape index (κ2) is 6.33. The fourth-order valence-electron chi connectivity index (χ4n) is 2.15. The first-order valence-corrected chi connectivity index (χ1v) is 6.74. The first kappa shape index (κ1) is 14.3. The van der Waals surface area contributed by atoms with Crippen molar-refractivity contribution in [1.82, 2.24) is 0 Å². The highest BCUT2D eigenvalue weighted by Crippen LogP contribution is 2.25. The minimum atomic E-state index is -1.25. The van der Waals surface area contributed by atoms with Crippen LogP contribution in [0.25, 0.3) is 11.1 Å². The lowest BCUT2D eigenvalue weighted by atomic mass is 9.99. The molecular weight excluding hydrogens is 255 g/mol. The maximum Gasteiger partial charge on any atom is 0.338 e. The Morgan fingerprint density at radius 1 is 1.15 bits per heavy atom. The van der Waals surface area contributed by atoms with Crippen molar-refractivity contribution in [3.63, 3.8) is 0 Å². The van der Waals surface area contributed by atoms with Crippen LogP contribution in [0.3, 0.4) is 0 Å². The molecule has 0 amide bonds. The summed E-state index contributed by atoms with van der Waals surface area (Å²) in [5.41, 5.74) is 1.95. The summed E-state index contributed by atoms with van der Waals surface area (Å²) in [6.45, 7) is 2.14. The third-order valence-corrected chi connectivity index (χ3v) is 3.31. The van der Waals surface area contributed by atoms with E-state index in [1.165, 1.54) is 11.6 Å². The van der Waals surface area contributed by atoms with E-state index in [-0.39, 0.29) is 5.56 Å². The van der Waals surface area contributed by atoms with Crippen molar-refractivity contribution >= 4 is 5.97 Å². The minimum absolute atomic E-state index is 0.294. The number of benzene rings is 2. The van der Waals surface area contributed by atoms with Gasteiger partial charge in [-0.15, -0.1) is 0 Å². The van der Waals surface area contributed by atoms with Gasteiger partial charge in [0.25, 0.3) is 0 Å². The van der Waals surface area contributed by atoms with E-state index >= 15 is 0 Å². The van der Waals surface area contributed by atoms with E-state index in [0.717, 1.165) is 19.3 Å². The Bertz CT molecular complexity index is 603. The normalized spacial score (nSPS) is 10.5. The van der Waals surface area contributed by atoms with Gasteiger partial charge in [0.15, 0.2) is 0 Å². The summed E-state index contributed by atoms with van der Waals surface area (Å²) >= 11 is 0. The van der Waals surface area contributed by atoms with Crippen LogP contribution in [0.5, 0.6) is 0 Å². The van der Waals surface area contributed by atoms with Gasteiger partial charge in [-0.05, 0) is 30.0 Å². The zero-order chi connectivity index (χ0) is 14.5. The molecular formula is C17H17FO2. The molecule has 0 aliphatic rings. The molecule has 1 N–H and O–H groups in total. The van der Waals surface area contributed by atoms with Crippen LogP contribution >= 0.6 is 0 Å². The quantitative estimate of drug-likeness (QED) is 0.868. The topological polar surface area (TPSA) is 37.3 Å². The summed E-state index contributed by atoms with van der Waals surface area (Å²) in [6, 6.07) is 12.1. The Morgan fingerprint density at radius 2 is 1.85 bits per heavy atom. The maximum atomic E-state index is 14.1. The zero-order valence-corrected chi connectivity index (χ0v) is 11.4. The third kappa shape index (κ3) is 3.05. The fourth-order valence-corrected chi connectivity index (χ4v) is 2.15. The van der Waals surface area contributed by atoms with E-state index in [4.69, 9.17) is 5.11 Å². The lowest BCUT2D eigenvalue weighted by Crippen LogP contribution is -2.01. The van der Waals surface area contributed by atoms with Crippen LogP contribution in [0.4, 0.5) is 4.39 Å². The predicted octanol–water partition coefficient (Wildman–Crippen LogP) is 4.53. The maximum absolute atomic E-state index is 14.1. The van der Waals surface area contributed by atoms with E-state index in [2.05, 4.69) is 6.92 Å². The zero-order valence-electron chi connectivity index (χ0n) is 11.4. The molecule has 0 radical (unpaired) electrons. The van der Waals surface area contributed by atoms with Gasteiger partial charge in [-0.1, -0.05) is 49.7 Å². The second-order valence-corrected chi connectivity index (χ2v) is 4.77. The number of aryl methyl sites for hydroxylation is 1. The SMILES string of the molecule is CCCCc1ccc(-c2cccc(C(=O)O)c2F)cc1. The van der Waals surface area contributed by atoms with Crippen molar-refractivity contribution in [2.75, 3.05) is 0 Å². The van der Waals surface area contributed by atoms with E-state index < -0.39 is 11.8 Å². The molecule has 0 spiro atoms. The molecule has 0 saturated heterocycles. The molecule has 20 heavy (non-hydrogen) atoms. The number of carboxylic acid groups (broad SMARTS) is 1. The van der Waals surface area contributed by atoms with Gasteiger partial charge in [0, 0.05) is 5.56 Å². The Kier molecular flexibility index (Phi) is 4.51. The van der Waals surface area contributed by atoms with Gasteiger partial charge in [0.1, 0.15) is 5.82 Å². The number of unbranched alkanes of at least 4 members (excludes halogenated alkanes) is 1. The van der Waals surface area contributed by atoms with E-state index in [9.17, 15) is 9.18 Å². The molecule has 104 valence electrons. The number of hydrogen-bond acceptors (Lipinski definition) is 1. The lowest BCUT2D eigenvalue weighted by Gasteiger charge is -2.07. The van der Waals surface area contributed by atoms with Gasteiger partial charge in [-0.25, -0.2) is 9.18 Å². The molecule has 0 aromatic heterocycles. The van der Waals surface area contributed by atoms with E-state index in [1.54, 1.807) is 12.1 Å². The smallest absolute Gasteiger partial charge is 0.338 e. The summed E-state index contributed by atoms with van der Waals surface area (Å²) in [5, 5.41) is 8.94. The number of carboxylic acids is 1. The van der Waals surface area contributed by atoms with Gasteiger partial charge in [0.2, 0.25) is 0 Å². The summed E-state index contributed by atoms with van der Waals surface area (Å²) < 4.78 is 14.1. The van der Waals surface area contributed by atoms with Crippen molar-refractivity contribution in [2.24, 2.45) is 0 Å². The minimum Gasteiger partial charge on any atom is -0.478 e. The van der Waals surface area contributed by atoms with Crippen LogP contribution in [0, 0.1) is 5.82 Å². The number of halogens is 1. The van der Waals surface area contributed by atoms with Gasteiger partial charge in [-0.2, -0.15) is 0 Å². The molecule has 0 fully saturated rings. The molecule has 3 heteroatoms. The first-order chi connectivity index (χ1) is 9.63. The van der Waals surface area contributed by atoms with Gasteiger partial charge < -0.3 is 5.11 Å². The van der Waals surface area contributed by atoms with Gasteiger partial charge in [0.05, 0.1) is 5.56 Å². The highest BCUT2D eigenvalue weighted by molar-refractivity contribution is 5.90. The monoisotopic (exact) mass is 272 g/mol. The van der Waals surface area contributed by atoms with E-state index in [1.807, 2.05) is 24.3 Å². The summed E-state index contributed by atoms with van der Waals surface area (Å²) in [6.07, 6.45) is 3.27. The molecule has 0 bridgehead atoms. The fraction of sp³-hybridized carbons (Fsp3) is 0.235. The summed E-state index contributed by atoms with van der Waals surface area (Å²) in [5.74, 6) is -1.93. The molecule has 0 heterocycles. The molecule has 2 aromatic carbocycles. The standard InChI is InChI=1S/C17H17FO2/c1-2-3-5-12-8-10-13(11-9-12)14-6-4-7-15(16(14)18)17(19)20/h4,6-11H,2-3,5H2,1H3,(H,19,20). The number of hydrogen-bond donors (Lipinski definition) is 1. The highest BCUT2D eigenvalue weighted by Gasteiger charge is 2.14. The summed E-state index contributed by atoms with van der Waals surface area (Å²) in [7, 11) is 0. The molecule has 2 aromatic rings. The average molecular weight is 272 g/mol. The number of aromatic carboxylic acids is 1. The molecule has 0 saturated carbocycles. The first-order valence-electron chi connectivity index (χ1n) is 6.74. The van der Waals surface area contributed by atoms with Crippen molar-refractivity contribution in [1.29, 1.82) is 0 Å². The molecule has 0 atom stereocenters. The van der Waals surface area contributed by atoms with Crippen molar-refractivity contribution in [3.8, 4) is 11.1 Å². The Labute approximate surface area is 117 Å². The van der Waals surface area contributed by atoms with Gasteiger partial charge >= 0.3 is 5.97 Å². The Balaban J connectivity index is 2.32.